The molecule has 0 spiro atoms. The fourth-order valence-electron chi connectivity index (χ4n) is 2.71. The molecule has 0 radical (unpaired) electrons. The molecule has 3 nitrogen and oxygen atoms in total. The van der Waals surface area contributed by atoms with E-state index in [1.54, 1.807) is 17.4 Å². The highest BCUT2D eigenvalue weighted by molar-refractivity contribution is 7.10. The molecule has 0 saturated heterocycles. The first-order chi connectivity index (χ1) is 10.1. The molecule has 3 N–H and O–H groups in total. The average molecular weight is 304 g/mol. The minimum Gasteiger partial charge on any atom is -0.326 e. The first-order valence-electron chi connectivity index (χ1n) is 7.04. The summed E-state index contributed by atoms with van der Waals surface area (Å²) >= 11 is 1.56. The molecule has 1 atom stereocenters. The number of aryl methyl sites for hydroxylation is 2. The molecule has 2 aromatic rings. The fraction of sp³-hybridized carbons (Fsp3) is 0.312. The van der Waals surface area contributed by atoms with E-state index in [2.05, 4.69) is 12.2 Å². The number of carbonyl (C=O) groups excluding carboxylic acids is 1. The molecule has 0 saturated carbocycles. The van der Waals surface area contributed by atoms with E-state index in [0.29, 0.717) is 24.1 Å². The predicted molar refractivity (Wildman–Crippen MR) is 83.1 cm³/mol. The Morgan fingerprint density at radius 3 is 3.00 bits per heavy atom. The van der Waals surface area contributed by atoms with Crippen LogP contribution in [-0.2, 0) is 17.6 Å². The standard InChI is InChI=1S/C16H17FN2OS/c1-2-9-5-6-21-16(9)15(18)11-7-10-3-4-14(20)19-13(10)8-12(11)17/h5-8,15H,2-4,18H2,1H3,(H,19,20). The van der Waals surface area contributed by atoms with E-state index in [1.165, 1.54) is 6.07 Å². The molecular weight excluding hydrogens is 287 g/mol. The van der Waals surface area contributed by atoms with Gasteiger partial charge in [0.15, 0.2) is 0 Å². The van der Waals surface area contributed by atoms with Gasteiger partial charge in [-0.3, -0.25) is 4.79 Å². The topological polar surface area (TPSA) is 55.1 Å². The summed E-state index contributed by atoms with van der Waals surface area (Å²) in [6.45, 7) is 2.07. The van der Waals surface area contributed by atoms with Crippen LogP contribution in [0.25, 0.3) is 0 Å². The Kier molecular flexibility index (Phi) is 3.78. The van der Waals surface area contributed by atoms with Gasteiger partial charge in [-0.15, -0.1) is 11.3 Å². The molecule has 1 amide bonds. The van der Waals surface area contributed by atoms with E-state index >= 15 is 0 Å². The Hall–Kier alpha value is -1.72. The molecule has 110 valence electrons. The molecule has 1 aliphatic rings. The molecule has 0 bridgehead atoms. The second-order valence-corrected chi connectivity index (χ2v) is 6.17. The van der Waals surface area contributed by atoms with E-state index in [0.717, 1.165) is 22.4 Å². The fourth-order valence-corrected chi connectivity index (χ4v) is 3.73. The van der Waals surface area contributed by atoms with Gasteiger partial charge in [-0.2, -0.15) is 0 Å². The summed E-state index contributed by atoms with van der Waals surface area (Å²) < 4.78 is 14.4. The van der Waals surface area contributed by atoms with Crippen molar-refractivity contribution in [1.29, 1.82) is 0 Å². The van der Waals surface area contributed by atoms with E-state index < -0.39 is 6.04 Å². The maximum Gasteiger partial charge on any atom is 0.224 e. The van der Waals surface area contributed by atoms with Crippen LogP contribution in [0.2, 0.25) is 0 Å². The van der Waals surface area contributed by atoms with Gasteiger partial charge >= 0.3 is 0 Å². The van der Waals surface area contributed by atoms with E-state index in [1.807, 2.05) is 11.4 Å². The maximum atomic E-state index is 14.4. The van der Waals surface area contributed by atoms with Crippen molar-refractivity contribution in [3.8, 4) is 0 Å². The van der Waals surface area contributed by atoms with Gasteiger partial charge in [0, 0.05) is 22.5 Å². The number of thiophene rings is 1. The number of anilines is 1. The van der Waals surface area contributed by atoms with Crippen LogP contribution in [0.5, 0.6) is 0 Å². The third-order valence-electron chi connectivity index (χ3n) is 3.90. The highest BCUT2D eigenvalue weighted by Crippen LogP contribution is 2.33. The Labute approximate surface area is 127 Å². The summed E-state index contributed by atoms with van der Waals surface area (Å²) in [6.07, 6.45) is 1.95. The third-order valence-corrected chi connectivity index (χ3v) is 4.94. The molecule has 1 aromatic heterocycles. The molecule has 0 fully saturated rings. The third kappa shape index (κ3) is 2.59. The Morgan fingerprint density at radius 2 is 2.24 bits per heavy atom. The zero-order valence-corrected chi connectivity index (χ0v) is 12.6. The quantitative estimate of drug-likeness (QED) is 0.913. The van der Waals surface area contributed by atoms with Crippen LogP contribution in [0, 0.1) is 5.82 Å². The summed E-state index contributed by atoms with van der Waals surface area (Å²) in [5.74, 6) is -0.427. The van der Waals surface area contributed by atoms with Crippen molar-refractivity contribution < 1.29 is 9.18 Å². The first kappa shape index (κ1) is 14.2. The Morgan fingerprint density at radius 1 is 1.43 bits per heavy atom. The lowest BCUT2D eigenvalue weighted by Gasteiger charge is -2.20. The summed E-state index contributed by atoms with van der Waals surface area (Å²) in [5, 5.41) is 4.70. The van der Waals surface area contributed by atoms with Crippen molar-refractivity contribution in [3.63, 3.8) is 0 Å². The first-order valence-corrected chi connectivity index (χ1v) is 7.92. The molecule has 21 heavy (non-hydrogen) atoms. The van der Waals surface area contributed by atoms with Gasteiger partial charge in [-0.05, 0) is 47.5 Å². The van der Waals surface area contributed by atoms with Gasteiger partial charge in [0.05, 0.1) is 6.04 Å². The van der Waals surface area contributed by atoms with E-state index in [4.69, 9.17) is 5.73 Å². The molecule has 5 heteroatoms. The molecule has 1 aliphatic heterocycles. The number of amides is 1. The van der Waals surface area contributed by atoms with Gasteiger partial charge in [-0.1, -0.05) is 6.92 Å². The van der Waals surface area contributed by atoms with Crippen molar-refractivity contribution in [2.75, 3.05) is 5.32 Å². The number of benzene rings is 1. The van der Waals surface area contributed by atoms with Gasteiger partial charge < -0.3 is 11.1 Å². The number of carbonyl (C=O) groups is 1. The molecule has 1 unspecified atom stereocenters. The van der Waals surface area contributed by atoms with Gasteiger partial charge in [0.2, 0.25) is 5.91 Å². The average Bonchev–Trinajstić information content (AvgIpc) is 2.94. The lowest BCUT2D eigenvalue weighted by molar-refractivity contribution is -0.116. The molecule has 0 aliphatic carbocycles. The maximum absolute atomic E-state index is 14.4. The van der Waals surface area contributed by atoms with Crippen LogP contribution in [0.4, 0.5) is 10.1 Å². The lowest BCUT2D eigenvalue weighted by atomic mass is 9.95. The van der Waals surface area contributed by atoms with Crippen molar-refractivity contribution >= 4 is 22.9 Å². The second-order valence-electron chi connectivity index (χ2n) is 5.22. The largest absolute Gasteiger partial charge is 0.326 e. The monoisotopic (exact) mass is 304 g/mol. The summed E-state index contributed by atoms with van der Waals surface area (Å²) in [4.78, 5) is 12.4. The van der Waals surface area contributed by atoms with Crippen molar-refractivity contribution in [2.24, 2.45) is 5.73 Å². The summed E-state index contributed by atoms with van der Waals surface area (Å²) in [5.41, 5.74) is 9.47. The Balaban J connectivity index is 2.01. The zero-order chi connectivity index (χ0) is 15.0. The van der Waals surface area contributed by atoms with Crippen molar-refractivity contribution in [2.45, 2.75) is 32.2 Å². The highest BCUT2D eigenvalue weighted by atomic mass is 32.1. The van der Waals surface area contributed by atoms with Crippen molar-refractivity contribution in [1.82, 2.24) is 0 Å². The SMILES string of the molecule is CCc1ccsc1C(N)c1cc2c(cc1F)NC(=O)CC2. The van der Waals surface area contributed by atoms with Gasteiger partial charge in [-0.25, -0.2) is 4.39 Å². The smallest absolute Gasteiger partial charge is 0.224 e. The normalized spacial score (nSPS) is 15.5. The summed E-state index contributed by atoms with van der Waals surface area (Å²) in [7, 11) is 0. The predicted octanol–water partition coefficient (Wildman–Crippen LogP) is 3.38. The van der Waals surface area contributed by atoms with Gasteiger partial charge in [0.25, 0.3) is 0 Å². The zero-order valence-electron chi connectivity index (χ0n) is 11.8. The van der Waals surface area contributed by atoms with Gasteiger partial charge in [0.1, 0.15) is 5.82 Å². The molecule has 2 heterocycles. The highest BCUT2D eigenvalue weighted by Gasteiger charge is 2.22. The van der Waals surface area contributed by atoms with Crippen molar-refractivity contribution in [3.05, 3.63) is 51.0 Å². The lowest BCUT2D eigenvalue weighted by Crippen LogP contribution is -2.21. The Bertz CT molecular complexity index is 696. The molecule has 3 rings (SSSR count). The molecular formula is C16H17FN2OS. The van der Waals surface area contributed by atoms with E-state index in [-0.39, 0.29) is 11.7 Å². The number of nitrogens with two attached hydrogens (primary N) is 1. The number of halogens is 1. The van der Waals surface area contributed by atoms with Crippen LogP contribution in [0.3, 0.4) is 0 Å². The number of nitrogens with one attached hydrogen (secondary N) is 1. The minimum absolute atomic E-state index is 0.0644. The number of hydrogen-bond donors (Lipinski definition) is 2. The summed E-state index contributed by atoms with van der Waals surface area (Å²) in [6, 6.07) is 4.77. The minimum atomic E-state index is -0.456. The van der Waals surface area contributed by atoms with Crippen LogP contribution in [0.15, 0.2) is 23.6 Å². The van der Waals surface area contributed by atoms with E-state index in [9.17, 15) is 9.18 Å². The van der Waals surface area contributed by atoms with Crippen LogP contribution < -0.4 is 11.1 Å². The number of hydrogen-bond acceptors (Lipinski definition) is 3. The molecule has 1 aromatic carbocycles. The second kappa shape index (κ2) is 5.58. The number of fused-ring (bicyclic) bond motifs is 1. The van der Waals surface area contributed by atoms with Crippen LogP contribution >= 0.6 is 11.3 Å². The number of rotatable bonds is 3. The van der Waals surface area contributed by atoms with Crippen LogP contribution in [-0.4, -0.2) is 5.91 Å². The van der Waals surface area contributed by atoms with Crippen LogP contribution in [0.1, 0.15) is 41.0 Å².